The molecule has 0 aliphatic carbocycles. The highest BCUT2D eigenvalue weighted by Crippen LogP contribution is 2.21. The van der Waals surface area contributed by atoms with E-state index in [-0.39, 0.29) is 69.2 Å². The quantitative estimate of drug-likeness (QED) is 0.0236. The second-order valence-corrected chi connectivity index (χ2v) is 18.9. The molecule has 1 aliphatic heterocycles. The molecule has 17 N–H and O–H groups in total. The SMILES string of the molecule is CC[C@H](C)[C@H](NC(=O)[C@H](Cc1ccc(O)cc1)NC(=O)[C@@H](NC(=O)[C@H](CCCN=C(N)N)NC(=O)[C@@H](N)CC(N)=O)C(C)C)C(=O)N[C@@H](Cc1cnc[nH]1)C(=O)N1CCC[C@H]1C(=O)N[C@@H](CC(C)C)C(=O)O. The number of primary amides is 1. The smallest absolute Gasteiger partial charge is 0.326 e. The number of aliphatic imine (C=N–C) groups is 1. The van der Waals surface area contributed by atoms with Gasteiger partial charge in [-0.25, -0.2) is 9.78 Å². The van der Waals surface area contributed by atoms with Gasteiger partial charge in [-0.2, -0.15) is 0 Å². The van der Waals surface area contributed by atoms with Crippen molar-refractivity contribution >= 4 is 59.2 Å². The Bertz CT molecular complexity index is 2200. The van der Waals surface area contributed by atoms with Crippen molar-refractivity contribution in [3.05, 3.63) is 48.0 Å². The molecule has 9 atom stereocenters. The predicted octanol–water partition coefficient (Wildman–Crippen LogP) is -2.11. The van der Waals surface area contributed by atoms with Crippen molar-refractivity contribution in [1.82, 2.24) is 46.8 Å². The van der Waals surface area contributed by atoms with Gasteiger partial charge in [0, 0.05) is 37.8 Å². The number of guanidine groups is 1. The highest BCUT2D eigenvalue weighted by molar-refractivity contribution is 5.98. The van der Waals surface area contributed by atoms with Crippen LogP contribution < -0.4 is 54.8 Å². The van der Waals surface area contributed by atoms with Crippen LogP contribution in [0.1, 0.15) is 97.7 Å². The Labute approximate surface area is 418 Å². The van der Waals surface area contributed by atoms with Gasteiger partial charge in [0.25, 0.3) is 0 Å². The molecule has 1 aliphatic rings. The van der Waals surface area contributed by atoms with Crippen molar-refractivity contribution in [2.75, 3.05) is 13.1 Å². The summed E-state index contributed by atoms with van der Waals surface area (Å²) >= 11 is 0. The third kappa shape index (κ3) is 18.8. The first-order chi connectivity index (χ1) is 33.9. The molecule has 398 valence electrons. The minimum atomic E-state index is -1.40. The number of H-pyrrole nitrogens is 1. The van der Waals surface area contributed by atoms with Gasteiger partial charge in [0.05, 0.1) is 18.8 Å². The number of benzene rings is 1. The number of phenolic OH excluding ortho intramolecular Hbond substituents is 1. The van der Waals surface area contributed by atoms with Crippen LogP contribution in [0.25, 0.3) is 0 Å². The number of phenols is 1. The van der Waals surface area contributed by atoms with Crippen molar-refractivity contribution < 1.29 is 53.4 Å². The first-order valence-electron chi connectivity index (χ1n) is 24.1. The van der Waals surface area contributed by atoms with Crippen molar-refractivity contribution in [3.63, 3.8) is 0 Å². The van der Waals surface area contributed by atoms with E-state index in [2.05, 4.69) is 46.9 Å². The summed E-state index contributed by atoms with van der Waals surface area (Å²) < 4.78 is 0. The number of imidazole rings is 1. The van der Waals surface area contributed by atoms with Crippen molar-refractivity contribution in [2.45, 2.75) is 148 Å². The fourth-order valence-electron chi connectivity index (χ4n) is 7.99. The number of nitrogens with two attached hydrogens (primary N) is 4. The maximum absolute atomic E-state index is 14.5. The third-order valence-electron chi connectivity index (χ3n) is 12.1. The molecule has 1 saturated heterocycles. The molecule has 0 unspecified atom stereocenters. The van der Waals surface area contributed by atoms with E-state index in [4.69, 9.17) is 22.9 Å². The zero-order valence-corrected chi connectivity index (χ0v) is 41.8. The van der Waals surface area contributed by atoms with Gasteiger partial charge in [-0.3, -0.25) is 43.3 Å². The van der Waals surface area contributed by atoms with Crippen LogP contribution in [0.3, 0.4) is 0 Å². The number of nitrogens with one attached hydrogen (secondary N) is 7. The largest absolute Gasteiger partial charge is 0.508 e. The number of aliphatic carboxylic acids is 1. The number of carbonyl (C=O) groups excluding carboxylic acids is 8. The Balaban J connectivity index is 1.93. The molecule has 3 rings (SSSR count). The fourth-order valence-corrected chi connectivity index (χ4v) is 7.99. The van der Waals surface area contributed by atoms with Gasteiger partial charge >= 0.3 is 5.97 Å². The Morgan fingerprint density at radius 3 is 1.97 bits per heavy atom. The molecule has 1 fully saturated rings. The average Bonchev–Trinajstić information content (AvgIpc) is 4.03. The number of carboxylic acid groups (broad SMARTS) is 1. The first-order valence-corrected chi connectivity index (χ1v) is 24.1. The summed E-state index contributed by atoms with van der Waals surface area (Å²) in [6.45, 7) is 10.6. The van der Waals surface area contributed by atoms with Gasteiger partial charge in [0.15, 0.2) is 5.96 Å². The van der Waals surface area contributed by atoms with Crippen molar-refractivity contribution in [3.8, 4) is 5.75 Å². The molecule has 2 heterocycles. The summed E-state index contributed by atoms with van der Waals surface area (Å²) in [7, 11) is 0. The number of carboxylic acids is 1. The van der Waals surface area contributed by atoms with E-state index in [1.807, 2.05) is 13.8 Å². The summed E-state index contributed by atoms with van der Waals surface area (Å²) in [5.74, 6) is -8.85. The van der Waals surface area contributed by atoms with Crippen LogP contribution in [0.5, 0.6) is 5.75 Å². The Morgan fingerprint density at radius 2 is 1.40 bits per heavy atom. The molecular formula is C47H74N14O11. The standard InChI is InChI=1S/C47H74N14O11/c1-7-26(6)38(44(69)57-33(20-28-22-52-23-54-28)45(70)61-17-9-11-35(61)42(67)58-34(46(71)72)18-24(2)3)60-41(66)32(19-27-12-14-29(62)15-13-27)56-43(68)37(25(4)5)59-40(65)31(10-8-16-53-47(50)51)55-39(64)30(48)21-36(49)63/h12-15,22-26,30-35,37-38,62H,7-11,16-21,48H2,1-6H3,(H2,49,63)(H,52,54)(H,55,64)(H,56,68)(H,57,69)(H,58,67)(H,59,65)(H,60,66)(H,71,72)(H4,50,51,53)/t26-,30-,31-,32-,33-,34-,35-,37-,38-/m0/s1. The number of likely N-dealkylation sites (tertiary alicyclic amines) is 1. The molecule has 0 saturated carbocycles. The topological polar surface area (TPSA) is 415 Å². The van der Waals surface area contributed by atoms with E-state index in [9.17, 15) is 53.4 Å². The van der Waals surface area contributed by atoms with E-state index in [0.717, 1.165) is 0 Å². The van der Waals surface area contributed by atoms with Crippen molar-refractivity contribution in [1.29, 1.82) is 0 Å². The molecule has 8 amide bonds. The fraction of sp³-hybridized carbons (Fsp3) is 0.596. The first kappa shape index (κ1) is 59.0. The average molecular weight is 1010 g/mol. The number of rotatable bonds is 29. The van der Waals surface area contributed by atoms with Crippen LogP contribution in [0.2, 0.25) is 0 Å². The summed E-state index contributed by atoms with van der Waals surface area (Å²) in [5, 5.41) is 35.8. The predicted molar refractivity (Wildman–Crippen MR) is 264 cm³/mol. The molecule has 1 aromatic carbocycles. The van der Waals surface area contributed by atoms with Crippen LogP contribution in [0.4, 0.5) is 0 Å². The second kappa shape index (κ2) is 28.5. The lowest BCUT2D eigenvalue weighted by atomic mass is 9.96. The number of aromatic amines is 1. The molecule has 0 spiro atoms. The number of aromatic hydroxyl groups is 1. The molecular weight excluding hydrogens is 937 g/mol. The molecule has 25 heteroatoms. The normalized spacial score (nSPS) is 16.7. The maximum atomic E-state index is 14.5. The lowest BCUT2D eigenvalue weighted by molar-refractivity contribution is -0.145. The minimum absolute atomic E-state index is 0.0248. The monoisotopic (exact) mass is 1010 g/mol. The highest BCUT2D eigenvalue weighted by Gasteiger charge is 2.41. The van der Waals surface area contributed by atoms with Gasteiger partial charge in [0.1, 0.15) is 48.0 Å². The van der Waals surface area contributed by atoms with Crippen LogP contribution in [0.15, 0.2) is 41.8 Å². The zero-order chi connectivity index (χ0) is 53.8. The van der Waals surface area contributed by atoms with Gasteiger partial charge < -0.3 is 74.9 Å². The Kier molecular flexibility index (Phi) is 23.4. The van der Waals surface area contributed by atoms with Crippen molar-refractivity contribution in [2.24, 2.45) is 45.7 Å². The number of hydrogen-bond acceptors (Lipinski definition) is 13. The van der Waals surface area contributed by atoms with Gasteiger partial charge in [-0.15, -0.1) is 0 Å². The summed E-state index contributed by atoms with van der Waals surface area (Å²) in [6.07, 6.45) is 3.49. The van der Waals surface area contributed by atoms with Gasteiger partial charge in [-0.05, 0) is 67.6 Å². The molecule has 25 nitrogen and oxygen atoms in total. The van der Waals surface area contributed by atoms with E-state index >= 15 is 0 Å². The Hall–Kier alpha value is -7.31. The Morgan fingerprint density at radius 1 is 0.792 bits per heavy atom. The van der Waals surface area contributed by atoms with E-state index in [1.54, 1.807) is 27.7 Å². The molecule has 72 heavy (non-hydrogen) atoms. The molecule has 2 aromatic rings. The molecule has 0 bridgehead atoms. The van der Waals surface area contributed by atoms with Gasteiger partial charge in [-0.1, -0.05) is 60.1 Å². The maximum Gasteiger partial charge on any atom is 0.326 e. The number of aromatic nitrogens is 2. The summed E-state index contributed by atoms with van der Waals surface area (Å²) in [4.78, 5) is 134. The van der Waals surface area contributed by atoms with E-state index in [0.29, 0.717) is 24.1 Å². The van der Waals surface area contributed by atoms with E-state index in [1.165, 1.54) is 41.7 Å². The number of hydrogen-bond donors (Lipinski definition) is 13. The number of nitrogens with zero attached hydrogens (tertiary/aromatic N) is 3. The second-order valence-electron chi connectivity index (χ2n) is 18.9. The van der Waals surface area contributed by atoms with Gasteiger partial charge in [0.2, 0.25) is 47.3 Å². The van der Waals surface area contributed by atoms with Crippen LogP contribution in [-0.4, -0.2) is 146 Å². The number of amides is 8. The van der Waals surface area contributed by atoms with E-state index < -0.39 is 120 Å². The summed E-state index contributed by atoms with van der Waals surface area (Å²) in [6, 6.07) is -4.34. The minimum Gasteiger partial charge on any atom is -0.508 e. The number of carbonyl (C=O) groups is 9. The molecule has 1 aromatic heterocycles. The van der Waals surface area contributed by atoms with Crippen LogP contribution in [0, 0.1) is 17.8 Å². The summed E-state index contributed by atoms with van der Waals surface area (Å²) in [5.41, 5.74) is 22.9. The van der Waals surface area contributed by atoms with Crippen LogP contribution in [-0.2, 0) is 56.0 Å². The lowest BCUT2D eigenvalue weighted by Crippen LogP contribution is -2.62. The zero-order valence-electron chi connectivity index (χ0n) is 41.8. The molecule has 0 radical (unpaired) electrons. The lowest BCUT2D eigenvalue weighted by Gasteiger charge is -2.32. The van der Waals surface area contributed by atoms with Crippen LogP contribution >= 0.6 is 0 Å². The highest BCUT2D eigenvalue weighted by atomic mass is 16.4. The third-order valence-corrected chi connectivity index (χ3v) is 12.1.